The molecule has 3 aliphatic carbocycles. The number of carbonyl (C=O) groups is 1. The molecule has 2 bridgehead atoms. The Hall–Kier alpha value is -0.0300. The van der Waals surface area contributed by atoms with Gasteiger partial charge in [-0.2, -0.15) is 0 Å². The van der Waals surface area contributed by atoms with Crippen molar-refractivity contribution in [2.24, 2.45) is 23.5 Å². The van der Waals surface area contributed by atoms with Crippen LogP contribution in [0.1, 0.15) is 70.6 Å². The van der Waals surface area contributed by atoms with E-state index in [2.05, 4.69) is 24.3 Å². The van der Waals surface area contributed by atoms with Gasteiger partial charge in [-0.15, -0.1) is 24.8 Å². The second kappa shape index (κ2) is 10.5. The maximum absolute atomic E-state index is 12.9. The first-order valence-electron chi connectivity index (χ1n) is 10.2. The van der Waals surface area contributed by atoms with Crippen molar-refractivity contribution < 1.29 is 4.79 Å². The van der Waals surface area contributed by atoms with Gasteiger partial charge < -0.3 is 16.0 Å². The van der Waals surface area contributed by atoms with E-state index in [0.29, 0.717) is 23.8 Å². The van der Waals surface area contributed by atoms with E-state index in [1.54, 1.807) is 0 Å². The molecule has 0 aromatic carbocycles. The lowest BCUT2D eigenvalue weighted by Gasteiger charge is -2.44. The topological polar surface area (TPSA) is 58.4 Å². The molecular formula is C20H39Cl2N3O. The molecule has 3 fully saturated rings. The zero-order valence-electron chi connectivity index (χ0n) is 16.5. The first kappa shape index (κ1) is 24.0. The van der Waals surface area contributed by atoms with Crippen LogP contribution >= 0.6 is 24.8 Å². The molecule has 3 aliphatic rings. The average Bonchev–Trinajstić information content (AvgIpc) is 2.79. The third-order valence-corrected chi connectivity index (χ3v) is 7.36. The Labute approximate surface area is 172 Å². The average molecular weight is 408 g/mol. The van der Waals surface area contributed by atoms with E-state index in [0.717, 1.165) is 19.4 Å². The Balaban J connectivity index is 0.00000169. The molecule has 0 saturated heterocycles. The van der Waals surface area contributed by atoms with E-state index in [9.17, 15) is 4.79 Å². The minimum absolute atomic E-state index is 0. The van der Waals surface area contributed by atoms with Crippen LogP contribution in [0, 0.1) is 17.8 Å². The van der Waals surface area contributed by atoms with E-state index < -0.39 is 0 Å². The molecular weight excluding hydrogens is 369 g/mol. The molecule has 3 N–H and O–H groups in total. The van der Waals surface area contributed by atoms with E-state index in [4.69, 9.17) is 5.73 Å². The standard InChI is InChI=1S/C20H37N3O.2ClH/c1-23(2)20(10-5-3-4-6-11-20)14-22-19(24)17-12-15-8-7-9-16(13-17)18(15)21;;/h15-18H,3-14,21H2,1-2H3,(H,22,24);2*1H. The molecule has 0 heterocycles. The smallest absolute Gasteiger partial charge is 0.223 e. The lowest BCUT2D eigenvalue weighted by Crippen LogP contribution is -2.54. The molecule has 26 heavy (non-hydrogen) atoms. The molecule has 2 atom stereocenters. The highest BCUT2D eigenvalue weighted by Crippen LogP contribution is 2.42. The SMILES string of the molecule is CN(C)C1(CNC(=O)C2CC3CCCC(C2)C3N)CCCCCC1.Cl.Cl. The summed E-state index contributed by atoms with van der Waals surface area (Å²) in [6, 6.07) is 0.345. The molecule has 0 radical (unpaired) electrons. The number of nitrogens with zero attached hydrogens (tertiary/aromatic N) is 1. The molecule has 2 unspecified atom stereocenters. The fourth-order valence-corrected chi connectivity index (χ4v) is 5.57. The van der Waals surface area contributed by atoms with Gasteiger partial charge in [-0.3, -0.25) is 4.79 Å². The zero-order valence-corrected chi connectivity index (χ0v) is 18.2. The normalized spacial score (nSPS) is 33.4. The molecule has 1 amide bonds. The van der Waals surface area contributed by atoms with Gasteiger partial charge in [0.15, 0.2) is 0 Å². The molecule has 3 saturated carbocycles. The first-order chi connectivity index (χ1) is 11.5. The molecule has 6 heteroatoms. The number of hydrogen-bond acceptors (Lipinski definition) is 3. The molecule has 154 valence electrons. The van der Waals surface area contributed by atoms with Crippen LogP contribution in [-0.4, -0.2) is 43.0 Å². The van der Waals surface area contributed by atoms with Crippen molar-refractivity contribution >= 4 is 30.7 Å². The second-order valence-corrected chi connectivity index (χ2v) is 8.95. The fourth-order valence-electron chi connectivity index (χ4n) is 5.57. The van der Waals surface area contributed by atoms with Crippen molar-refractivity contribution in [3.05, 3.63) is 0 Å². The van der Waals surface area contributed by atoms with Crippen LogP contribution in [0.25, 0.3) is 0 Å². The van der Waals surface area contributed by atoms with Crippen LogP contribution in [0.4, 0.5) is 0 Å². The largest absolute Gasteiger partial charge is 0.354 e. The molecule has 0 aromatic rings. The molecule has 0 aromatic heterocycles. The predicted octanol–water partition coefficient (Wildman–Crippen LogP) is 3.75. The number of fused-ring (bicyclic) bond motifs is 2. The van der Waals surface area contributed by atoms with E-state index >= 15 is 0 Å². The summed E-state index contributed by atoms with van der Waals surface area (Å²) in [7, 11) is 4.36. The maximum Gasteiger partial charge on any atom is 0.223 e. The minimum atomic E-state index is 0. The predicted molar refractivity (Wildman–Crippen MR) is 113 cm³/mol. The number of carbonyl (C=O) groups excluding carboxylic acids is 1. The summed E-state index contributed by atoms with van der Waals surface area (Å²) < 4.78 is 0. The number of nitrogens with one attached hydrogen (secondary N) is 1. The van der Waals surface area contributed by atoms with Crippen LogP contribution in [0.3, 0.4) is 0 Å². The third kappa shape index (κ3) is 5.27. The number of halogens is 2. The van der Waals surface area contributed by atoms with Crippen LogP contribution in [0.2, 0.25) is 0 Å². The number of hydrogen-bond donors (Lipinski definition) is 2. The third-order valence-electron chi connectivity index (χ3n) is 7.36. The molecule has 4 nitrogen and oxygen atoms in total. The summed E-state index contributed by atoms with van der Waals surface area (Å²) >= 11 is 0. The monoisotopic (exact) mass is 407 g/mol. The highest BCUT2D eigenvalue weighted by molar-refractivity contribution is 5.85. The first-order valence-corrected chi connectivity index (χ1v) is 10.2. The highest BCUT2D eigenvalue weighted by atomic mass is 35.5. The lowest BCUT2D eigenvalue weighted by molar-refractivity contribution is -0.128. The summed E-state index contributed by atoms with van der Waals surface area (Å²) in [5, 5.41) is 3.35. The number of amides is 1. The van der Waals surface area contributed by atoms with Crippen molar-refractivity contribution in [2.45, 2.75) is 82.2 Å². The summed E-state index contributed by atoms with van der Waals surface area (Å²) in [6.07, 6.45) is 13.5. The Morgan fingerprint density at radius 2 is 1.54 bits per heavy atom. The Morgan fingerprint density at radius 1 is 1.00 bits per heavy atom. The minimum Gasteiger partial charge on any atom is -0.354 e. The van der Waals surface area contributed by atoms with Gasteiger partial charge in [0.2, 0.25) is 5.91 Å². The maximum atomic E-state index is 12.9. The van der Waals surface area contributed by atoms with Gasteiger partial charge in [0.05, 0.1) is 0 Å². The van der Waals surface area contributed by atoms with Crippen LogP contribution in [0.5, 0.6) is 0 Å². The Kier molecular flexibility index (Phi) is 9.69. The van der Waals surface area contributed by atoms with Crippen LogP contribution in [0.15, 0.2) is 0 Å². The van der Waals surface area contributed by atoms with Crippen molar-refractivity contribution in [1.82, 2.24) is 10.2 Å². The van der Waals surface area contributed by atoms with E-state index in [1.165, 1.54) is 57.8 Å². The van der Waals surface area contributed by atoms with Gasteiger partial charge in [-0.25, -0.2) is 0 Å². The van der Waals surface area contributed by atoms with Crippen molar-refractivity contribution in [2.75, 3.05) is 20.6 Å². The summed E-state index contributed by atoms with van der Waals surface area (Å²) in [5.74, 6) is 1.65. The summed E-state index contributed by atoms with van der Waals surface area (Å²) in [6.45, 7) is 0.816. The van der Waals surface area contributed by atoms with Crippen molar-refractivity contribution in [1.29, 1.82) is 0 Å². The molecule has 0 spiro atoms. The number of rotatable bonds is 4. The van der Waals surface area contributed by atoms with Gasteiger partial charge in [0, 0.05) is 24.0 Å². The molecule has 3 rings (SSSR count). The zero-order chi connectivity index (χ0) is 17.2. The van der Waals surface area contributed by atoms with Gasteiger partial charge in [0.1, 0.15) is 0 Å². The Bertz CT molecular complexity index is 425. The van der Waals surface area contributed by atoms with Gasteiger partial charge in [-0.05, 0) is 64.5 Å². The van der Waals surface area contributed by atoms with Crippen molar-refractivity contribution in [3.63, 3.8) is 0 Å². The Morgan fingerprint density at radius 3 is 2.04 bits per heavy atom. The summed E-state index contributed by atoms with van der Waals surface area (Å²) in [4.78, 5) is 15.2. The van der Waals surface area contributed by atoms with Crippen LogP contribution < -0.4 is 11.1 Å². The van der Waals surface area contributed by atoms with E-state index in [1.807, 2.05) is 0 Å². The fraction of sp³-hybridized carbons (Fsp3) is 0.950. The second-order valence-electron chi connectivity index (χ2n) is 8.95. The lowest BCUT2D eigenvalue weighted by atomic mass is 9.65. The van der Waals surface area contributed by atoms with Crippen LogP contribution in [-0.2, 0) is 4.79 Å². The number of nitrogens with two attached hydrogens (primary N) is 1. The molecule has 0 aliphatic heterocycles. The van der Waals surface area contributed by atoms with Gasteiger partial charge in [-0.1, -0.05) is 32.1 Å². The van der Waals surface area contributed by atoms with Gasteiger partial charge >= 0.3 is 0 Å². The quantitative estimate of drug-likeness (QED) is 0.697. The van der Waals surface area contributed by atoms with E-state index in [-0.39, 0.29) is 36.3 Å². The highest BCUT2D eigenvalue weighted by Gasteiger charge is 2.41. The van der Waals surface area contributed by atoms with Crippen molar-refractivity contribution in [3.8, 4) is 0 Å². The summed E-state index contributed by atoms with van der Waals surface area (Å²) in [5.41, 5.74) is 6.54. The van der Waals surface area contributed by atoms with Gasteiger partial charge in [0.25, 0.3) is 0 Å². The number of likely N-dealkylation sites (N-methyl/N-ethyl adjacent to an activating group) is 1.